The average Bonchev–Trinajstić information content (AvgIpc) is 3.55. The van der Waals surface area contributed by atoms with Gasteiger partial charge in [-0.1, -0.05) is 36.4 Å². The Hall–Kier alpha value is -3.29. The van der Waals surface area contributed by atoms with Gasteiger partial charge in [0.05, 0.1) is 10.6 Å². The van der Waals surface area contributed by atoms with Crippen molar-refractivity contribution in [2.45, 2.75) is 25.4 Å². The molecule has 1 fully saturated rings. The molecule has 4 aromatic rings. The van der Waals surface area contributed by atoms with E-state index < -0.39 is 0 Å². The van der Waals surface area contributed by atoms with Gasteiger partial charge in [0, 0.05) is 50.3 Å². The number of hydrogen-bond donors (Lipinski definition) is 0. The van der Waals surface area contributed by atoms with Crippen LogP contribution in [0.15, 0.2) is 84.6 Å². The zero-order valence-electron chi connectivity index (χ0n) is 17.7. The fraction of sp³-hybridized carbons (Fsp3) is 0.240. The first-order chi connectivity index (χ1) is 15.8. The lowest BCUT2D eigenvalue weighted by Gasteiger charge is -2.37. The van der Waals surface area contributed by atoms with Crippen LogP contribution in [0.25, 0.3) is 5.69 Å². The van der Waals surface area contributed by atoms with Crippen molar-refractivity contribution >= 4 is 23.1 Å². The zero-order valence-corrected chi connectivity index (χ0v) is 18.6. The van der Waals surface area contributed by atoms with Crippen molar-refractivity contribution in [2.75, 3.05) is 18.0 Å². The Kier molecular flexibility index (Phi) is 6.09. The second kappa shape index (κ2) is 9.46. The van der Waals surface area contributed by atoms with Gasteiger partial charge in [-0.15, -0.1) is 16.4 Å². The lowest BCUT2D eigenvalue weighted by Crippen LogP contribution is -2.47. The van der Waals surface area contributed by atoms with Gasteiger partial charge in [0.2, 0.25) is 0 Å². The molecule has 0 aliphatic carbocycles. The average molecular weight is 444 g/mol. The zero-order chi connectivity index (χ0) is 21.8. The topological polar surface area (TPSA) is 54.3 Å². The highest BCUT2D eigenvalue weighted by molar-refractivity contribution is 7.12. The van der Waals surface area contributed by atoms with Crippen molar-refractivity contribution in [2.24, 2.45) is 0 Å². The number of carbonyl (C=O) groups is 1. The predicted molar refractivity (Wildman–Crippen MR) is 127 cm³/mol. The minimum atomic E-state index is 0.0292. The highest BCUT2D eigenvalue weighted by atomic mass is 32.1. The molecule has 0 spiro atoms. The van der Waals surface area contributed by atoms with E-state index in [4.69, 9.17) is 5.10 Å². The van der Waals surface area contributed by atoms with Crippen LogP contribution in [-0.4, -0.2) is 44.7 Å². The van der Waals surface area contributed by atoms with Gasteiger partial charge in [-0.05, 0) is 42.0 Å². The minimum Gasteiger partial charge on any atom is -0.299 e. The summed E-state index contributed by atoms with van der Waals surface area (Å²) in [6, 6.07) is 20.3. The third kappa shape index (κ3) is 4.49. The first-order valence-corrected chi connectivity index (χ1v) is 11.8. The fourth-order valence-corrected chi connectivity index (χ4v) is 4.90. The van der Waals surface area contributed by atoms with Crippen molar-refractivity contribution in [1.29, 1.82) is 0 Å². The molecule has 162 valence electrons. The Morgan fingerprint density at radius 1 is 1.00 bits per heavy atom. The smallest absolute Gasteiger partial charge is 0.269 e. The number of aromatic nitrogens is 3. The van der Waals surface area contributed by atoms with E-state index in [1.807, 2.05) is 46.8 Å². The van der Waals surface area contributed by atoms with Crippen LogP contribution >= 0.6 is 11.3 Å². The summed E-state index contributed by atoms with van der Waals surface area (Å²) in [5.41, 5.74) is 2.25. The molecule has 0 unspecified atom stereocenters. The van der Waals surface area contributed by atoms with Gasteiger partial charge in [0.15, 0.2) is 5.82 Å². The van der Waals surface area contributed by atoms with Crippen LogP contribution in [0.1, 0.15) is 28.1 Å². The number of benzene rings is 1. The Morgan fingerprint density at radius 3 is 2.50 bits per heavy atom. The van der Waals surface area contributed by atoms with Crippen molar-refractivity contribution in [3.63, 3.8) is 0 Å². The predicted octanol–water partition coefficient (Wildman–Crippen LogP) is 4.64. The lowest BCUT2D eigenvalue weighted by atomic mass is 10.0. The summed E-state index contributed by atoms with van der Waals surface area (Å²) in [5, 5.41) is 6.71. The number of anilines is 1. The monoisotopic (exact) mass is 443 g/mol. The van der Waals surface area contributed by atoms with Gasteiger partial charge in [-0.2, -0.15) is 0 Å². The standard InChI is InChI=1S/C25H25N5OS/c31-25(23-7-4-18-32-23)30(24-12-17-29(27-24)21-8-13-26-14-9-21)22-10-15-28(16-11-22)19-20-5-2-1-3-6-20/h1-9,12-14,17-18,22H,10-11,15-16,19H2. The molecule has 5 rings (SSSR count). The maximum absolute atomic E-state index is 13.5. The number of amides is 1. The van der Waals surface area contributed by atoms with Gasteiger partial charge in [0.25, 0.3) is 5.91 Å². The summed E-state index contributed by atoms with van der Waals surface area (Å²) in [6.07, 6.45) is 7.24. The lowest BCUT2D eigenvalue weighted by molar-refractivity contribution is 0.0961. The van der Waals surface area contributed by atoms with E-state index in [0.29, 0.717) is 5.82 Å². The second-order valence-corrected chi connectivity index (χ2v) is 8.92. The third-order valence-corrected chi connectivity index (χ3v) is 6.73. The van der Waals surface area contributed by atoms with E-state index >= 15 is 0 Å². The van der Waals surface area contributed by atoms with E-state index in [-0.39, 0.29) is 11.9 Å². The van der Waals surface area contributed by atoms with E-state index in [9.17, 15) is 4.79 Å². The number of pyridine rings is 1. The van der Waals surface area contributed by atoms with Gasteiger partial charge in [0.1, 0.15) is 0 Å². The molecule has 6 nitrogen and oxygen atoms in total. The van der Waals surface area contributed by atoms with Crippen molar-refractivity contribution in [3.8, 4) is 5.69 Å². The first kappa shape index (κ1) is 20.6. The van der Waals surface area contributed by atoms with Crippen LogP contribution in [-0.2, 0) is 6.54 Å². The normalized spacial score (nSPS) is 15.0. The van der Waals surface area contributed by atoms with E-state index in [0.717, 1.165) is 43.0 Å². The molecule has 32 heavy (non-hydrogen) atoms. The SMILES string of the molecule is O=C(c1cccs1)N(c1ccn(-c2ccncc2)n1)C1CCN(Cc2ccccc2)CC1. The summed E-state index contributed by atoms with van der Waals surface area (Å²) in [6.45, 7) is 2.86. The molecule has 0 bridgehead atoms. The van der Waals surface area contributed by atoms with Crippen LogP contribution < -0.4 is 4.90 Å². The molecule has 1 saturated heterocycles. The molecule has 3 aromatic heterocycles. The number of nitrogens with zero attached hydrogens (tertiary/aromatic N) is 5. The van der Waals surface area contributed by atoms with E-state index in [1.165, 1.54) is 16.9 Å². The van der Waals surface area contributed by atoms with Crippen LogP contribution in [0, 0.1) is 0 Å². The molecule has 0 atom stereocenters. The Bertz CT molecular complexity index is 1140. The molecular formula is C25H25N5OS. The van der Waals surface area contributed by atoms with Crippen LogP contribution in [0.3, 0.4) is 0 Å². The summed E-state index contributed by atoms with van der Waals surface area (Å²) in [5.74, 6) is 0.725. The van der Waals surface area contributed by atoms with Crippen molar-refractivity contribution in [1.82, 2.24) is 19.7 Å². The maximum Gasteiger partial charge on any atom is 0.269 e. The molecule has 1 aromatic carbocycles. The van der Waals surface area contributed by atoms with Crippen LogP contribution in [0.5, 0.6) is 0 Å². The highest BCUT2D eigenvalue weighted by Crippen LogP contribution is 2.27. The number of carbonyl (C=O) groups excluding carboxylic acids is 1. The van der Waals surface area contributed by atoms with Crippen molar-refractivity contribution in [3.05, 3.63) is 95.1 Å². The number of likely N-dealkylation sites (tertiary alicyclic amines) is 1. The molecule has 0 radical (unpaired) electrons. The molecule has 0 saturated carbocycles. The molecular weight excluding hydrogens is 418 g/mol. The van der Waals surface area contributed by atoms with Crippen LogP contribution in [0.4, 0.5) is 5.82 Å². The number of piperidine rings is 1. The Labute approximate surface area is 191 Å². The molecule has 4 heterocycles. The number of hydrogen-bond acceptors (Lipinski definition) is 5. The fourth-order valence-electron chi connectivity index (χ4n) is 4.24. The van der Waals surface area contributed by atoms with Gasteiger partial charge in [-0.3, -0.25) is 19.6 Å². The van der Waals surface area contributed by atoms with Gasteiger partial charge >= 0.3 is 0 Å². The summed E-state index contributed by atoms with van der Waals surface area (Å²) in [4.78, 5) is 22.7. The molecule has 0 N–H and O–H groups in total. The Morgan fingerprint density at radius 2 is 1.78 bits per heavy atom. The first-order valence-electron chi connectivity index (χ1n) is 10.9. The van der Waals surface area contributed by atoms with Gasteiger partial charge < -0.3 is 0 Å². The number of rotatable bonds is 6. The third-order valence-electron chi connectivity index (χ3n) is 5.87. The van der Waals surface area contributed by atoms with Gasteiger partial charge in [-0.25, -0.2) is 4.68 Å². The van der Waals surface area contributed by atoms with E-state index in [2.05, 4.69) is 40.2 Å². The summed E-state index contributed by atoms with van der Waals surface area (Å²) in [7, 11) is 0. The minimum absolute atomic E-state index is 0.0292. The maximum atomic E-state index is 13.5. The second-order valence-electron chi connectivity index (χ2n) is 7.97. The summed E-state index contributed by atoms with van der Waals surface area (Å²) >= 11 is 1.48. The molecule has 1 aliphatic heterocycles. The number of thiophene rings is 1. The highest BCUT2D eigenvalue weighted by Gasteiger charge is 2.31. The largest absolute Gasteiger partial charge is 0.299 e. The molecule has 1 aliphatic rings. The van der Waals surface area contributed by atoms with Crippen LogP contribution in [0.2, 0.25) is 0 Å². The summed E-state index contributed by atoms with van der Waals surface area (Å²) < 4.78 is 1.80. The molecule has 1 amide bonds. The Balaban J connectivity index is 1.36. The molecule has 7 heteroatoms. The van der Waals surface area contributed by atoms with Crippen molar-refractivity contribution < 1.29 is 4.79 Å². The van der Waals surface area contributed by atoms with E-state index in [1.54, 1.807) is 17.1 Å². The quantitative estimate of drug-likeness (QED) is 0.436.